The number of rotatable bonds is 6. The summed E-state index contributed by atoms with van der Waals surface area (Å²) in [5, 5.41) is 0. The molecule has 1 rings (SSSR count). The van der Waals surface area contributed by atoms with Crippen LogP contribution in [0, 0.1) is 0 Å². The van der Waals surface area contributed by atoms with Gasteiger partial charge in [-0.2, -0.15) is 0 Å². The maximum Gasteiger partial charge on any atom is 0.273 e. The molecule has 0 bridgehead atoms. The third-order valence-electron chi connectivity index (χ3n) is 3.91. The predicted molar refractivity (Wildman–Crippen MR) is 97.2 cm³/mol. The molecule has 0 unspecified atom stereocenters. The molecule has 5 heteroatoms. The molecule has 1 amide bonds. The van der Waals surface area contributed by atoms with Gasteiger partial charge in [0.2, 0.25) is 0 Å². The Morgan fingerprint density at radius 2 is 1.78 bits per heavy atom. The van der Waals surface area contributed by atoms with E-state index in [2.05, 4.69) is 30.4 Å². The number of piperidine rings is 1. The van der Waals surface area contributed by atoms with E-state index in [9.17, 15) is 9.18 Å². The molecule has 0 aliphatic carbocycles. The average molecular weight is 325 g/mol. The highest BCUT2D eigenvalue weighted by Gasteiger charge is 2.35. The van der Waals surface area contributed by atoms with Gasteiger partial charge in [0.15, 0.2) is 0 Å². The lowest BCUT2D eigenvalue weighted by atomic mass is 9.89. The van der Waals surface area contributed by atoms with E-state index in [4.69, 9.17) is 0 Å². The Kier molecular flexibility index (Phi) is 11.2. The lowest BCUT2D eigenvalue weighted by Gasteiger charge is -2.36. The first kappa shape index (κ1) is 21.5. The van der Waals surface area contributed by atoms with Crippen LogP contribution in [0.3, 0.4) is 0 Å². The van der Waals surface area contributed by atoms with Crippen LogP contribution < -0.4 is 0 Å². The van der Waals surface area contributed by atoms with Crippen molar-refractivity contribution in [2.75, 3.05) is 20.1 Å². The van der Waals surface area contributed by atoms with Gasteiger partial charge >= 0.3 is 0 Å². The van der Waals surface area contributed by atoms with Gasteiger partial charge in [0.25, 0.3) is 5.91 Å². The Morgan fingerprint density at radius 1 is 1.22 bits per heavy atom. The fourth-order valence-corrected chi connectivity index (χ4v) is 2.30. The summed E-state index contributed by atoms with van der Waals surface area (Å²) >= 11 is 0. The number of halogens is 1. The Hall–Kier alpha value is -1.52. The summed E-state index contributed by atoms with van der Waals surface area (Å²) in [4.78, 5) is 21.5. The Morgan fingerprint density at radius 3 is 2.17 bits per heavy atom. The van der Waals surface area contributed by atoms with E-state index >= 15 is 0 Å². The molecule has 0 aromatic rings. The predicted octanol–water partition coefficient (Wildman–Crippen LogP) is 4.21. The fraction of sp³-hybridized carbons (Fsp3) is 0.722. The van der Waals surface area contributed by atoms with Crippen LogP contribution >= 0.6 is 0 Å². The van der Waals surface area contributed by atoms with Gasteiger partial charge in [0.1, 0.15) is 11.4 Å². The zero-order valence-corrected chi connectivity index (χ0v) is 15.1. The maximum atomic E-state index is 14.3. The molecule has 1 fully saturated rings. The van der Waals surface area contributed by atoms with Gasteiger partial charge in [-0.25, -0.2) is 4.39 Å². The molecule has 1 heterocycles. The molecule has 1 aliphatic heterocycles. The summed E-state index contributed by atoms with van der Waals surface area (Å²) in [7, 11) is 1.54. The van der Waals surface area contributed by atoms with Crippen molar-refractivity contribution in [1.29, 1.82) is 0 Å². The quantitative estimate of drug-likeness (QED) is 0.675. The number of amides is 1. The molecule has 0 N–H and O–H groups in total. The lowest BCUT2D eigenvalue weighted by molar-refractivity contribution is -0.126. The first-order valence-electron chi connectivity index (χ1n) is 8.57. The van der Waals surface area contributed by atoms with E-state index in [1.807, 2.05) is 6.92 Å². The highest BCUT2D eigenvalue weighted by atomic mass is 19.1. The lowest BCUT2D eigenvalue weighted by Crippen LogP contribution is -2.47. The molecule has 0 radical (unpaired) electrons. The highest BCUT2D eigenvalue weighted by Crippen LogP contribution is 2.31. The van der Waals surface area contributed by atoms with Gasteiger partial charge in [0, 0.05) is 26.3 Å². The third-order valence-corrected chi connectivity index (χ3v) is 3.91. The summed E-state index contributed by atoms with van der Waals surface area (Å²) in [6.45, 7) is 10.7. The van der Waals surface area contributed by atoms with E-state index in [0.717, 1.165) is 6.42 Å². The van der Waals surface area contributed by atoms with Crippen LogP contribution in [-0.4, -0.2) is 48.5 Å². The van der Waals surface area contributed by atoms with Crippen molar-refractivity contribution < 1.29 is 9.18 Å². The second-order valence-corrected chi connectivity index (χ2v) is 5.76. The Bertz CT molecular complexity index is 408. The van der Waals surface area contributed by atoms with Gasteiger partial charge in [-0.15, -0.1) is 0 Å². The SMILES string of the molecule is C=CN=CC(=NC)C(=O)N1CCC(F)(CCC)CC1.CCCC. The topological polar surface area (TPSA) is 45.0 Å². The van der Waals surface area contributed by atoms with E-state index in [0.29, 0.717) is 32.4 Å². The Labute approximate surface area is 140 Å². The van der Waals surface area contributed by atoms with E-state index < -0.39 is 5.67 Å². The molecule has 4 nitrogen and oxygen atoms in total. The average Bonchev–Trinajstić information content (AvgIpc) is 2.56. The van der Waals surface area contributed by atoms with Crippen LogP contribution in [0.5, 0.6) is 0 Å². The minimum Gasteiger partial charge on any atom is -0.337 e. The summed E-state index contributed by atoms with van der Waals surface area (Å²) in [6, 6.07) is 0. The molecular weight excluding hydrogens is 293 g/mol. The molecular formula is C18H32FN3O. The summed E-state index contributed by atoms with van der Waals surface area (Å²) < 4.78 is 14.3. The first-order chi connectivity index (χ1) is 11.0. The number of nitrogens with zero attached hydrogens (tertiary/aromatic N) is 3. The summed E-state index contributed by atoms with van der Waals surface area (Å²) in [5.74, 6) is -0.188. The fourth-order valence-electron chi connectivity index (χ4n) is 2.30. The van der Waals surface area contributed by atoms with Crippen molar-refractivity contribution in [3.05, 3.63) is 12.8 Å². The van der Waals surface area contributed by atoms with Crippen molar-refractivity contribution in [3.63, 3.8) is 0 Å². The van der Waals surface area contributed by atoms with Gasteiger partial charge in [-0.3, -0.25) is 14.8 Å². The number of aliphatic imine (C=N–C) groups is 2. The zero-order valence-electron chi connectivity index (χ0n) is 15.1. The van der Waals surface area contributed by atoms with E-state index in [1.54, 1.807) is 11.9 Å². The minimum atomic E-state index is -1.11. The molecule has 132 valence electrons. The number of hydrogen-bond acceptors (Lipinski definition) is 3. The second-order valence-electron chi connectivity index (χ2n) is 5.76. The van der Waals surface area contributed by atoms with Crippen molar-refractivity contribution in [1.82, 2.24) is 4.90 Å². The smallest absolute Gasteiger partial charge is 0.273 e. The zero-order chi connectivity index (χ0) is 17.7. The molecule has 0 spiro atoms. The van der Waals surface area contributed by atoms with Gasteiger partial charge in [-0.05, 0) is 19.3 Å². The second kappa shape index (κ2) is 12.0. The molecule has 0 aromatic carbocycles. The van der Waals surface area contributed by atoms with Gasteiger partial charge < -0.3 is 4.90 Å². The molecule has 23 heavy (non-hydrogen) atoms. The molecule has 0 atom stereocenters. The molecule has 0 saturated carbocycles. The van der Waals surface area contributed by atoms with Crippen molar-refractivity contribution >= 4 is 17.8 Å². The van der Waals surface area contributed by atoms with Crippen LogP contribution in [0.4, 0.5) is 4.39 Å². The standard InChI is InChI=1S/C14H22FN3O.C4H10/c1-4-6-14(15)7-9-18(10-8-14)13(19)12(16-3)11-17-5-2;1-3-4-2/h5,11H,2,4,6-10H2,1,3H3;3-4H2,1-2H3. The van der Waals surface area contributed by atoms with E-state index in [-0.39, 0.29) is 11.6 Å². The van der Waals surface area contributed by atoms with Crippen LogP contribution in [0.15, 0.2) is 22.8 Å². The monoisotopic (exact) mass is 325 g/mol. The number of likely N-dealkylation sites (tertiary alicyclic amines) is 1. The number of carbonyl (C=O) groups is 1. The van der Waals surface area contributed by atoms with Crippen molar-refractivity contribution in [2.45, 2.75) is 65.0 Å². The Balaban J connectivity index is 0.00000108. The van der Waals surface area contributed by atoms with Crippen LogP contribution in [0.2, 0.25) is 0 Å². The minimum absolute atomic E-state index is 0.188. The first-order valence-corrected chi connectivity index (χ1v) is 8.57. The highest BCUT2D eigenvalue weighted by molar-refractivity contribution is 6.60. The largest absolute Gasteiger partial charge is 0.337 e. The van der Waals surface area contributed by atoms with Crippen molar-refractivity contribution in [3.8, 4) is 0 Å². The number of carbonyl (C=O) groups excluding carboxylic acids is 1. The summed E-state index contributed by atoms with van der Waals surface area (Å²) in [6.07, 6.45) is 7.59. The molecule has 0 aromatic heterocycles. The molecule has 1 saturated heterocycles. The third kappa shape index (κ3) is 8.05. The number of hydrogen-bond donors (Lipinski definition) is 0. The van der Waals surface area contributed by atoms with Crippen LogP contribution in [-0.2, 0) is 4.79 Å². The molecule has 1 aliphatic rings. The van der Waals surface area contributed by atoms with Gasteiger partial charge in [0.05, 0.1) is 6.21 Å². The van der Waals surface area contributed by atoms with Crippen LogP contribution in [0.1, 0.15) is 59.3 Å². The maximum absolute atomic E-state index is 14.3. The van der Waals surface area contributed by atoms with Crippen LogP contribution in [0.25, 0.3) is 0 Å². The number of alkyl halides is 1. The normalized spacial score (nSPS) is 17.6. The van der Waals surface area contributed by atoms with E-state index in [1.165, 1.54) is 25.3 Å². The summed E-state index contributed by atoms with van der Waals surface area (Å²) in [5.41, 5.74) is -0.827. The number of unbranched alkanes of at least 4 members (excludes halogenated alkanes) is 1. The van der Waals surface area contributed by atoms with Gasteiger partial charge in [-0.1, -0.05) is 46.6 Å². The van der Waals surface area contributed by atoms with Crippen molar-refractivity contribution in [2.24, 2.45) is 9.98 Å².